The Kier molecular flexibility index (Phi) is 56.4. The summed E-state index contributed by atoms with van der Waals surface area (Å²) in [6.45, 7) is 25.7. The van der Waals surface area contributed by atoms with E-state index >= 15 is 0 Å². The van der Waals surface area contributed by atoms with Gasteiger partial charge in [-0.1, -0.05) is 45.0 Å². The molecule has 8 aromatic rings. The molecule has 812 valence electrons. The number of carbonyl (C=O) groups is 7. The van der Waals surface area contributed by atoms with Crippen molar-refractivity contribution in [3.05, 3.63) is 175 Å². The van der Waals surface area contributed by atoms with Gasteiger partial charge in [-0.15, -0.1) is 12.4 Å². The number of H-pyrrole nitrogens is 3. The number of ketones is 1. The number of aryl methyl sites for hydroxylation is 4. The average molecular weight is 2220 g/mol. The molecule has 1 saturated carbocycles. The van der Waals surface area contributed by atoms with E-state index in [1.54, 1.807) is 22.5 Å². The summed E-state index contributed by atoms with van der Waals surface area (Å²) in [5, 5.41) is 21.5. The van der Waals surface area contributed by atoms with Gasteiger partial charge in [-0.25, -0.2) is 73.8 Å². The van der Waals surface area contributed by atoms with Gasteiger partial charge in [-0.05, 0) is 237 Å². The number of amides is 2. The van der Waals surface area contributed by atoms with Crippen LogP contribution < -0.4 is 41.9 Å². The Morgan fingerprint density at radius 2 is 0.858 bits per heavy atom. The Morgan fingerprint density at radius 1 is 0.466 bits per heavy atom. The summed E-state index contributed by atoms with van der Waals surface area (Å²) in [7, 11) is 2.02. The molecule has 9 aliphatic carbocycles. The fourth-order valence-electron chi connectivity index (χ4n) is 17.8. The van der Waals surface area contributed by atoms with E-state index in [-0.39, 0.29) is 130 Å². The summed E-state index contributed by atoms with van der Waals surface area (Å²) in [4.78, 5) is 183. The van der Waals surface area contributed by atoms with Gasteiger partial charge in [0.15, 0.2) is 9.88 Å². The number of aliphatic hydroxyl groups is 2. The van der Waals surface area contributed by atoms with Crippen molar-refractivity contribution < 1.29 is 119 Å². The van der Waals surface area contributed by atoms with Crippen molar-refractivity contribution in [2.24, 2.45) is 24.4 Å². The monoisotopic (exact) mass is 2220 g/mol. The smallest absolute Gasteiger partial charge is 0.410 e. The quantitative estimate of drug-likeness (QED) is 0.0198. The molecule has 5 unspecified atom stereocenters. The molecule has 3 saturated heterocycles. The van der Waals surface area contributed by atoms with E-state index in [4.69, 9.17) is 80.3 Å². The number of rotatable bonds is 5. The van der Waals surface area contributed by atoms with Crippen LogP contribution in [0.25, 0.3) is 0 Å². The summed E-state index contributed by atoms with van der Waals surface area (Å²) >= 11 is 29.9. The maximum absolute atomic E-state index is 12.2. The van der Waals surface area contributed by atoms with Gasteiger partial charge in [0.05, 0.1) is 59.6 Å². The van der Waals surface area contributed by atoms with E-state index in [1.807, 2.05) is 55.5 Å². The topological polar surface area (TPSA) is 572 Å². The van der Waals surface area contributed by atoms with Crippen LogP contribution in [0.1, 0.15) is 295 Å². The second-order valence-electron chi connectivity index (χ2n) is 37.0. The third-order valence-corrected chi connectivity index (χ3v) is 25.4. The van der Waals surface area contributed by atoms with Crippen LogP contribution in [-0.2, 0) is 154 Å². The molecule has 20 rings (SSSR count). The average Bonchev–Trinajstić information content (AvgIpc) is 1.67. The number of halogens is 4. The molecule has 148 heavy (non-hydrogen) atoms. The van der Waals surface area contributed by atoms with E-state index in [9.17, 15) is 53.4 Å². The zero-order chi connectivity index (χ0) is 106. The minimum Gasteiger partial charge on any atom is -0.456 e. The first-order valence-corrected chi connectivity index (χ1v) is 50.2. The summed E-state index contributed by atoms with van der Waals surface area (Å²) in [5.41, 5.74) is 24.3. The van der Waals surface area contributed by atoms with Gasteiger partial charge in [0, 0.05) is 212 Å². The molecule has 50 heteroatoms. The van der Waals surface area contributed by atoms with Crippen LogP contribution in [-0.4, -0.2) is 225 Å². The summed E-state index contributed by atoms with van der Waals surface area (Å²) < 4.78 is 33.1. The minimum atomic E-state index is -0.562. The summed E-state index contributed by atoms with van der Waals surface area (Å²) in [6.07, 6.45) is 34.9. The van der Waals surface area contributed by atoms with Crippen molar-refractivity contribution in [3.8, 4) is 0 Å². The van der Waals surface area contributed by atoms with E-state index in [1.165, 1.54) is 108 Å². The fourth-order valence-corrected chi connectivity index (χ4v) is 18.7. The van der Waals surface area contributed by atoms with Gasteiger partial charge in [-0.2, -0.15) is 9.59 Å². The number of carbonyl (C=O) groups excluding carboxylic acids is 9. The molecule has 3 aliphatic heterocycles. The molecular weight excluding hydrogens is 2080 g/mol. The van der Waals surface area contributed by atoms with Crippen LogP contribution in [0.15, 0.2) is 53.9 Å². The van der Waals surface area contributed by atoms with E-state index in [0.717, 1.165) is 232 Å². The van der Waals surface area contributed by atoms with Gasteiger partial charge in [0.25, 0.3) is 17.4 Å². The Morgan fingerprint density at radius 3 is 1.28 bits per heavy atom. The number of nitrogens with zero attached hydrogens (tertiary/aromatic N) is 18. The van der Waals surface area contributed by atoms with Crippen molar-refractivity contribution in [1.82, 2.24) is 84.6 Å². The third-order valence-electron chi connectivity index (χ3n) is 24.2. The molecule has 0 aromatic carbocycles. The second kappa shape index (κ2) is 64.3. The number of esters is 4. The number of aromatic nitrogens is 16. The number of fused-ring (bicyclic) bond motifs is 8. The minimum absolute atomic E-state index is 0. The molecule has 4 fully saturated rings. The number of nitrogens with one attached hydrogen (secondary N) is 4. The van der Waals surface area contributed by atoms with Gasteiger partial charge in [0.2, 0.25) is 5.15 Å². The molecule has 10 N–H and O–H groups in total. The van der Waals surface area contributed by atoms with E-state index < -0.39 is 29.2 Å². The number of piperidine rings is 1. The van der Waals surface area contributed by atoms with Crippen molar-refractivity contribution >= 4 is 155 Å². The Hall–Kier alpha value is -10.4. The molecule has 5 atom stereocenters. The Labute approximate surface area is 929 Å². The zero-order valence-corrected chi connectivity index (χ0v) is 90.4. The summed E-state index contributed by atoms with van der Waals surface area (Å²) in [6, 6.07) is 0. The number of piperazine rings is 2. The molecule has 0 spiro atoms. The van der Waals surface area contributed by atoms with Gasteiger partial charge < -0.3 is 79.8 Å². The number of aliphatic hydroxyl groups excluding tert-OH is 2. The van der Waals surface area contributed by atoms with Crippen LogP contribution in [0.2, 0.25) is 15.5 Å². The van der Waals surface area contributed by atoms with Crippen LogP contribution in [0, 0.1) is 53.2 Å². The molecule has 2 amide bonds. The number of aromatic amines is 3. The normalized spacial score (nSPS) is 17.7. The maximum atomic E-state index is 12.2. The standard InChI is InChI=1S/C18H26N4O4.C16H24N4O3.C12H17N3O.C9H9ClN2O2.C8H10ClN2.C7H7ClN2.C7H8N2OS.C7H8N2O.C6H10O.C4H6O3.CH4N2S.CO2.2CH4.Ar.ClH.HNS/c1-12(23)25-14-6-5-13-15(14)19-11-20-16(13)21-7-9-22(10-8-21)17(24)26-18(2,3)4;1-16(2,3)23-15(22)20-8-6-19(7-9-20)14-11-4-5-12(21)13(11)17-10-18-14;16-10-5-4-9-11(10)13-8-14-12(9)15-6-2-1-3-7-15;1-5(13)14-7-3-2-6-8(7)11-4-12-9(6)10;1-11-5-10-8(9)6-3-2-4-7(6)11;8-7-5-2-1-3-6(5)9-4-10-7;10-6-4-2-1-3-5(4)8-7(11)9-6;10-7-5-2-1-3-6(5)8-4-9-7;1-5-3-2-4-6(5)7;1-3(5)7-4(2)6;2-1(3)4;2-1-3;;;;;1-2/h11,14H,5-10H2,1-4H3;10,12,21H,4-9H2,1-3H3;8,10,16H,1-7H2;4,7H,2-3H2,1H3;5H,2-4H2,1H3;4H,1-3H2;1-3H2,(H2,8,9,10,11);4H,1-3H2,(H,8,9,10);5H,2-4H2,1H3;1-2H3;(H4,2,3,4);;2*1H4;;1H;1H/q;;;;+1;;;;;;;;;;;;. The van der Waals surface area contributed by atoms with Crippen LogP contribution in [0.3, 0.4) is 0 Å². The van der Waals surface area contributed by atoms with Crippen molar-refractivity contribution in [2.75, 3.05) is 80.1 Å². The fraction of sp³-hybridized carbons (Fsp3) is 0.582. The third kappa shape index (κ3) is 40.4. The van der Waals surface area contributed by atoms with Crippen LogP contribution in [0.4, 0.5) is 27.0 Å². The molecule has 42 nitrogen and oxygen atoms in total. The first kappa shape index (κ1) is 130. The maximum Gasteiger partial charge on any atom is 0.410 e. The second-order valence-corrected chi connectivity index (χ2v) is 38.9. The predicted molar refractivity (Wildman–Crippen MR) is 561 cm³/mol. The van der Waals surface area contributed by atoms with Crippen LogP contribution in [0.5, 0.6) is 0 Å². The molecular formula is C98H139ArCl4N24O18S3+. The van der Waals surface area contributed by atoms with Crippen molar-refractivity contribution in [2.45, 2.75) is 294 Å². The number of nitrogens with two attached hydrogens (primary N) is 2. The van der Waals surface area contributed by atoms with Gasteiger partial charge in [-0.3, -0.25) is 38.5 Å². The SMILES string of the molecule is C.C.CC(=O)OC(C)=O.CC(=O)OC1CCc2c(Cl)ncnc21.CC(=O)OC1CCc2c1ncnc2N1CCN(C(=O)OC(C)(C)C)CC1.CC(C)(C)OC(=O)N1CCN(c2ncnc3c2CCC3O)CC1.CC1CCCC1=O.C[n+]1cnc(Cl)c2c1CCC2.Cl.Clc1ncnc2c1CCC2.N=S.NC(N)=S.O=C=O.O=c1[nH]c(=S)[nH]c2c1CCC2.O=c1[nH]cnc2c1CCC2.OC1CCc2c1ncnc2N1CCCCC1.[Ar]. The number of hydrogen-bond acceptors (Lipinski definition) is 37. The van der Waals surface area contributed by atoms with Gasteiger partial charge >= 0.3 is 42.2 Å². The van der Waals surface area contributed by atoms with Crippen LogP contribution >= 0.6 is 71.6 Å². The molecule has 12 aliphatic rings. The number of Topliss-reactive ketones (excluding diaryl/α,β-unsaturated/α-hetero) is 1. The van der Waals surface area contributed by atoms with E-state index in [2.05, 4.69) is 135 Å². The van der Waals surface area contributed by atoms with Gasteiger partial charge in [0.1, 0.15) is 94.3 Å². The first-order valence-electron chi connectivity index (χ1n) is 47.8. The molecule has 11 heterocycles. The zero-order valence-electron chi connectivity index (χ0n) is 84.1. The largest absolute Gasteiger partial charge is 0.456 e. The summed E-state index contributed by atoms with van der Waals surface area (Å²) in [5.74, 6) is 1.97. The Bertz CT molecular complexity index is 5920. The first-order chi connectivity index (χ1) is 68.5. The van der Waals surface area contributed by atoms with E-state index in [0.29, 0.717) is 90.7 Å². The Balaban J connectivity index is 0.000000346. The molecule has 0 radical (unpaired) electrons. The number of hydrogen-bond donors (Lipinski definition) is 8. The number of ether oxygens (including phenoxy) is 5. The van der Waals surface area contributed by atoms with Crippen molar-refractivity contribution in [3.63, 3.8) is 0 Å². The number of thiocarbonyl (C=S) groups is 1. The van der Waals surface area contributed by atoms with Crippen molar-refractivity contribution in [1.29, 1.82) is 4.78 Å². The molecule has 0 bridgehead atoms. The predicted octanol–water partition coefficient (Wildman–Crippen LogP) is 12.6. The molecule has 8 aromatic heterocycles. The number of anilines is 3.